The molecule has 0 aromatic heterocycles. The quantitative estimate of drug-likeness (QED) is 0.852. The number of carboxylic acid groups (broad SMARTS) is 1. The number of aromatic carboxylic acids is 1. The second kappa shape index (κ2) is 4.75. The Balaban J connectivity index is 2.57. The topological polar surface area (TPSA) is 75.6 Å². The Morgan fingerprint density at radius 2 is 1.78 bits per heavy atom. The smallest absolute Gasteiger partial charge is 0.411 e. The van der Waals surface area contributed by atoms with Crippen LogP contribution < -0.4 is 5.32 Å². The first-order valence-corrected chi connectivity index (χ1v) is 5.23. The molecule has 2 aromatic rings. The molecule has 0 aliphatic carbocycles. The number of ether oxygens (including phenoxy) is 1. The van der Waals surface area contributed by atoms with Crippen molar-refractivity contribution in [3.63, 3.8) is 0 Å². The van der Waals surface area contributed by atoms with Crippen molar-refractivity contribution in [2.24, 2.45) is 0 Å². The van der Waals surface area contributed by atoms with Crippen LogP contribution in [0.3, 0.4) is 0 Å². The van der Waals surface area contributed by atoms with Gasteiger partial charge in [-0.05, 0) is 22.9 Å². The number of methoxy groups -OCH3 is 1. The molecule has 2 rings (SSSR count). The highest BCUT2D eigenvalue weighted by Crippen LogP contribution is 2.24. The van der Waals surface area contributed by atoms with E-state index in [0.717, 1.165) is 10.8 Å². The van der Waals surface area contributed by atoms with Gasteiger partial charge in [0.2, 0.25) is 0 Å². The van der Waals surface area contributed by atoms with Gasteiger partial charge in [0.25, 0.3) is 0 Å². The molecular formula is C13H11NO4. The van der Waals surface area contributed by atoms with Gasteiger partial charge in [-0.1, -0.05) is 24.3 Å². The number of hydrogen-bond acceptors (Lipinski definition) is 3. The lowest BCUT2D eigenvalue weighted by molar-refractivity contribution is 0.0698. The van der Waals surface area contributed by atoms with E-state index in [4.69, 9.17) is 5.11 Å². The zero-order valence-corrected chi connectivity index (χ0v) is 9.64. The average Bonchev–Trinajstić information content (AvgIpc) is 2.37. The molecule has 5 heteroatoms. The van der Waals surface area contributed by atoms with Crippen LogP contribution in [-0.2, 0) is 4.74 Å². The SMILES string of the molecule is COC(=O)Nc1cc2ccccc2cc1C(=O)O. The lowest BCUT2D eigenvalue weighted by atomic mass is 10.0. The maximum absolute atomic E-state index is 11.2. The molecule has 0 heterocycles. The molecule has 2 aromatic carbocycles. The van der Waals surface area contributed by atoms with E-state index in [2.05, 4.69) is 10.1 Å². The van der Waals surface area contributed by atoms with Crippen LogP contribution in [0.15, 0.2) is 36.4 Å². The lowest BCUT2D eigenvalue weighted by Gasteiger charge is -2.09. The number of nitrogens with one attached hydrogen (secondary N) is 1. The second-order valence-corrected chi connectivity index (χ2v) is 3.67. The van der Waals surface area contributed by atoms with Crippen molar-refractivity contribution in [3.8, 4) is 0 Å². The Labute approximate surface area is 103 Å². The van der Waals surface area contributed by atoms with E-state index in [-0.39, 0.29) is 11.3 Å². The van der Waals surface area contributed by atoms with Gasteiger partial charge in [0.05, 0.1) is 18.4 Å². The Kier molecular flexibility index (Phi) is 3.14. The maximum Gasteiger partial charge on any atom is 0.411 e. The average molecular weight is 245 g/mol. The van der Waals surface area contributed by atoms with Crippen LogP contribution in [0.1, 0.15) is 10.4 Å². The summed E-state index contributed by atoms with van der Waals surface area (Å²) in [5.41, 5.74) is 0.243. The van der Waals surface area contributed by atoms with Crippen molar-refractivity contribution >= 4 is 28.5 Å². The summed E-state index contributed by atoms with van der Waals surface area (Å²) in [6, 6.07) is 10.4. The molecule has 0 saturated heterocycles. The van der Waals surface area contributed by atoms with E-state index in [9.17, 15) is 9.59 Å². The van der Waals surface area contributed by atoms with Gasteiger partial charge in [-0.15, -0.1) is 0 Å². The molecule has 0 radical (unpaired) electrons. The van der Waals surface area contributed by atoms with Crippen molar-refractivity contribution in [1.82, 2.24) is 0 Å². The summed E-state index contributed by atoms with van der Waals surface area (Å²) in [5.74, 6) is -1.10. The fourth-order valence-corrected chi connectivity index (χ4v) is 1.68. The van der Waals surface area contributed by atoms with E-state index >= 15 is 0 Å². The number of fused-ring (bicyclic) bond motifs is 1. The number of hydrogen-bond donors (Lipinski definition) is 2. The molecule has 0 atom stereocenters. The first kappa shape index (κ1) is 11.9. The van der Waals surface area contributed by atoms with Crippen LogP contribution in [0, 0.1) is 0 Å². The molecule has 0 unspecified atom stereocenters. The van der Waals surface area contributed by atoms with Gasteiger partial charge < -0.3 is 9.84 Å². The molecule has 5 nitrogen and oxygen atoms in total. The summed E-state index contributed by atoms with van der Waals surface area (Å²) in [7, 11) is 1.22. The fourth-order valence-electron chi connectivity index (χ4n) is 1.68. The molecule has 0 spiro atoms. The van der Waals surface area contributed by atoms with Crippen LogP contribution in [0.4, 0.5) is 10.5 Å². The Bertz CT molecular complexity index is 621. The first-order chi connectivity index (χ1) is 8.61. The maximum atomic E-state index is 11.2. The highest BCUT2D eigenvalue weighted by molar-refractivity contribution is 6.04. The minimum absolute atomic E-state index is 0.0269. The number of benzene rings is 2. The summed E-state index contributed by atoms with van der Waals surface area (Å²) < 4.78 is 4.46. The van der Waals surface area contributed by atoms with E-state index in [1.54, 1.807) is 6.07 Å². The van der Waals surface area contributed by atoms with Crippen LogP contribution in [0.2, 0.25) is 0 Å². The van der Waals surface area contributed by atoms with Crippen LogP contribution in [-0.4, -0.2) is 24.3 Å². The highest BCUT2D eigenvalue weighted by atomic mass is 16.5. The second-order valence-electron chi connectivity index (χ2n) is 3.67. The molecule has 0 fully saturated rings. The third-order valence-corrected chi connectivity index (χ3v) is 2.54. The first-order valence-electron chi connectivity index (χ1n) is 5.23. The third-order valence-electron chi connectivity index (χ3n) is 2.54. The largest absolute Gasteiger partial charge is 0.478 e. The van der Waals surface area contributed by atoms with Gasteiger partial charge in [-0.3, -0.25) is 5.32 Å². The fraction of sp³-hybridized carbons (Fsp3) is 0.0769. The van der Waals surface area contributed by atoms with Crippen molar-refractivity contribution in [2.75, 3.05) is 12.4 Å². The molecule has 18 heavy (non-hydrogen) atoms. The van der Waals surface area contributed by atoms with Gasteiger partial charge in [0.15, 0.2) is 0 Å². The monoisotopic (exact) mass is 245 g/mol. The van der Waals surface area contributed by atoms with Gasteiger partial charge in [-0.25, -0.2) is 9.59 Å². The van der Waals surface area contributed by atoms with Gasteiger partial charge in [-0.2, -0.15) is 0 Å². The number of carbonyl (C=O) groups is 2. The predicted octanol–water partition coefficient (Wildman–Crippen LogP) is 2.72. The lowest BCUT2D eigenvalue weighted by Crippen LogP contribution is -2.14. The number of anilines is 1. The summed E-state index contributed by atoms with van der Waals surface area (Å²) in [5, 5.41) is 13.1. The zero-order chi connectivity index (χ0) is 13.1. The standard InChI is InChI=1S/C13H11NO4/c1-18-13(17)14-11-7-9-5-3-2-4-8(9)6-10(11)12(15)16/h2-7H,1H3,(H,14,17)(H,15,16). The van der Waals surface area contributed by atoms with E-state index in [1.807, 2.05) is 24.3 Å². The summed E-state index contributed by atoms with van der Waals surface area (Å²) >= 11 is 0. The van der Waals surface area contributed by atoms with E-state index < -0.39 is 12.1 Å². The molecule has 2 N–H and O–H groups in total. The number of amides is 1. The molecule has 0 saturated carbocycles. The molecule has 1 amide bonds. The van der Waals surface area contributed by atoms with Crippen molar-refractivity contribution in [3.05, 3.63) is 42.0 Å². The number of carbonyl (C=O) groups excluding carboxylic acids is 1. The van der Waals surface area contributed by atoms with Crippen molar-refractivity contribution < 1.29 is 19.4 Å². The molecule has 92 valence electrons. The van der Waals surface area contributed by atoms with Crippen molar-refractivity contribution in [1.29, 1.82) is 0 Å². The van der Waals surface area contributed by atoms with Gasteiger partial charge in [0.1, 0.15) is 0 Å². The van der Waals surface area contributed by atoms with Gasteiger partial charge in [0, 0.05) is 0 Å². The van der Waals surface area contributed by atoms with E-state index in [0.29, 0.717) is 0 Å². The Morgan fingerprint density at radius 1 is 1.17 bits per heavy atom. The van der Waals surface area contributed by atoms with Crippen LogP contribution in [0.25, 0.3) is 10.8 Å². The Morgan fingerprint density at radius 3 is 2.33 bits per heavy atom. The summed E-state index contributed by atoms with van der Waals surface area (Å²) in [4.78, 5) is 22.3. The van der Waals surface area contributed by atoms with E-state index in [1.165, 1.54) is 13.2 Å². The molecule has 0 aliphatic rings. The minimum Gasteiger partial charge on any atom is -0.478 e. The van der Waals surface area contributed by atoms with Gasteiger partial charge >= 0.3 is 12.1 Å². The molecular weight excluding hydrogens is 234 g/mol. The summed E-state index contributed by atoms with van der Waals surface area (Å²) in [6.45, 7) is 0. The zero-order valence-electron chi connectivity index (χ0n) is 9.64. The Hall–Kier alpha value is -2.56. The minimum atomic E-state index is -1.10. The molecule has 0 aliphatic heterocycles. The number of rotatable bonds is 2. The highest BCUT2D eigenvalue weighted by Gasteiger charge is 2.13. The predicted molar refractivity (Wildman–Crippen MR) is 66.9 cm³/mol. The van der Waals surface area contributed by atoms with Crippen LogP contribution in [0.5, 0.6) is 0 Å². The number of carboxylic acids is 1. The van der Waals surface area contributed by atoms with Crippen LogP contribution >= 0.6 is 0 Å². The molecule has 0 bridgehead atoms. The summed E-state index contributed by atoms with van der Waals surface area (Å²) in [6.07, 6.45) is -0.701. The van der Waals surface area contributed by atoms with Crippen molar-refractivity contribution in [2.45, 2.75) is 0 Å². The normalized spacial score (nSPS) is 10.1. The third kappa shape index (κ3) is 2.24.